The zero-order valence-electron chi connectivity index (χ0n) is 14.2. The van der Waals surface area contributed by atoms with Gasteiger partial charge in [0.2, 0.25) is 0 Å². The van der Waals surface area contributed by atoms with Gasteiger partial charge in [-0.05, 0) is 36.6 Å². The summed E-state index contributed by atoms with van der Waals surface area (Å²) in [5.41, 5.74) is 1.96. The van der Waals surface area contributed by atoms with Gasteiger partial charge in [-0.2, -0.15) is 5.10 Å². The Balaban J connectivity index is 1.51. The second-order valence-corrected chi connectivity index (χ2v) is 6.53. The highest BCUT2D eigenvalue weighted by molar-refractivity contribution is 5.93. The van der Waals surface area contributed by atoms with Crippen molar-refractivity contribution in [2.24, 2.45) is 0 Å². The lowest BCUT2D eigenvalue weighted by Gasteiger charge is -2.25. The van der Waals surface area contributed by atoms with Crippen LogP contribution in [-0.4, -0.2) is 37.7 Å². The fraction of sp³-hybridized carbons (Fsp3) is 0.300. The van der Waals surface area contributed by atoms with Gasteiger partial charge in [-0.1, -0.05) is 30.3 Å². The Morgan fingerprint density at radius 3 is 2.76 bits per heavy atom. The Hall–Kier alpha value is -2.82. The molecule has 0 spiro atoms. The van der Waals surface area contributed by atoms with Crippen LogP contribution in [0.3, 0.4) is 0 Å². The van der Waals surface area contributed by atoms with Crippen molar-refractivity contribution in [3.05, 3.63) is 78.4 Å². The molecule has 5 nitrogen and oxygen atoms in total. The van der Waals surface area contributed by atoms with Crippen LogP contribution in [0.2, 0.25) is 0 Å². The van der Waals surface area contributed by atoms with Crippen LogP contribution in [0.4, 0.5) is 0 Å². The third-order valence-corrected chi connectivity index (χ3v) is 4.84. The number of amides is 1. The zero-order chi connectivity index (χ0) is 17.1. The largest absolute Gasteiger partial charge is 0.339 e. The van der Waals surface area contributed by atoms with Crippen LogP contribution in [0.1, 0.15) is 28.9 Å². The minimum absolute atomic E-state index is 0.121. The van der Waals surface area contributed by atoms with Crippen LogP contribution in [0, 0.1) is 0 Å². The number of benzene rings is 1. The van der Waals surface area contributed by atoms with Crippen LogP contribution in [0.5, 0.6) is 0 Å². The van der Waals surface area contributed by atoms with Gasteiger partial charge in [0.05, 0.1) is 12.6 Å². The van der Waals surface area contributed by atoms with Crippen molar-refractivity contribution in [3.8, 4) is 0 Å². The number of carbonyl (C=O) groups excluding carboxylic acids is 1. The number of rotatable bonds is 5. The van der Waals surface area contributed by atoms with Gasteiger partial charge in [-0.3, -0.25) is 9.48 Å². The second kappa shape index (κ2) is 6.97. The first-order valence-electron chi connectivity index (χ1n) is 8.79. The first-order valence-corrected chi connectivity index (χ1v) is 8.79. The standard InChI is InChI=1S/C20H22N4O/c25-20(24-14-4-9-18(24)16-23-13-6-11-21-23)19-10-5-12-22(19)15-17-7-2-1-3-8-17/h1-3,5-8,10-13,18H,4,9,14-16H2/t18-/m1/s1. The van der Waals surface area contributed by atoms with Gasteiger partial charge in [0.15, 0.2) is 0 Å². The van der Waals surface area contributed by atoms with E-state index in [1.165, 1.54) is 5.56 Å². The molecule has 1 atom stereocenters. The molecule has 1 aromatic carbocycles. The minimum Gasteiger partial charge on any atom is -0.339 e. The Morgan fingerprint density at radius 2 is 1.96 bits per heavy atom. The smallest absolute Gasteiger partial charge is 0.270 e. The monoisotopic (exact) mass is 334 g/mol. The Bertz CT molecular complexity index is 823. The van der Waals surface area contributed by atoms with Crippen LogP contribution in [-0.2, 0) is 13.1 Å². The van der Waals surface area contributed by atoms with Gasteiger partial charge in [0.25, 0.3) is 5.91 Å². The molecule has 1 amide bonds. The van der Waals surface area contributed by atoms with Crippen molar-refractivity contribution in [1.82, 2.24) is 19.2 Å². The van der Waals surface area contributed by atoms with E-state index in [9.17, 15) is 4.79 Å². The fourth-order valence-corrected chi connectivity index (χ4v) is 3.59. The molecule has 0 radical (unpaired) electrons. The molecule has 0 aliphatic carbocycles. The van der Waals surface area contributed by atoms with Gasteiger partial charge < -0.3 is 9.47 Å². The van der Waals surface area contributed by atoms with E-state index in [1.54, 1.807) is 6.20 Å². The number of hydrogen-bond donors (Lipinski definition) is 0. The number of carbonyl (C=O) groups is 1. The van der Waals surface area contributed by atoms with Crippen molar-refractivity contribution in [1.29, 1.82) is 0 Å². The van der Waals surface area contributed by atoms with Crippen LogP contribution in [0.25, 0.3) is 0 Å². The third-order valence-electron chi connectivity index (χ3n) is 4.84. The zero-order valence-corrected chi connectivity index (χ0v) is 14.2. The lowest BCUT2D eigenvalue weighted by atomic mass is 10.2. The van der Waals surface area contributed by atoms with Crippen LogP contribution in [0.15, 0.2) is 67.1 Å². The van der Waals surface area contributed by atoms with Gasteiger partial charge in [0.1, 0.15) is 5.69 Å². The van der Waals surface area contributed by atoms with E-state index in [0.29, 0.717) is 6.54 Å². The van der Waals surface area contributed by atoms with E-state index >= 15 is 0 Å². The molecule has 0 saturated carbocycles. The SMILES string of the molecule is O=C(c1cccn1Cc1ccccc1)N1CCC[C@@H]1Cn1cccn1. The van der Waals surface area contributed by atoms with Crippen molar-refractivity contribution in [3.63, 3.8) is 0 Å². The molecule has 1 fully saturated rings. The molecule has 1 saturated heterocycles. The summed E-state index contributed by atoms with van der Waals surface area (Å²) in [4.78, 5) is 15.1. The topological polar surface area (TPSA) is 43.1 Å². The maximum atomic E-state index is 13.1. The first kappa shape index (κ1) is 15.7. The van der Waals surface area contributed by atoms with Crippen molar-refractivity contribution >= 4 is 5.91 Å². The summed E-state index contributed by atoms with van der Waals surface area (Å²) < 4.78 is 3.96. The lowest BCUT2D eigenvalue weighted by molar-refractivity contribution is 0.0711. The molecule has 3 heterocycles. The highest BCUT2D eigenvalue weighted by atomic mass is 16.2. The average molecular weight is 334 g/mol. The molecular weight excluding hydrogens is 312 g/mol. The molecule has 1 aliphatic rings. The van der Waals surface area contributed by atoms with Gasteiger partial charge >= 0.3 is 0 Å². The normalized spacial score (nSPS) is 17.1. The summed E-state index contributed by atoms with van der Waals surface area (Å²) in [6, 6.07) is 16.3. The molecule has 25 heavy (non-hydrogen) atoms. The maximum Gasteiger partial charge on any atom is 0.270 e. The average Bonchev–Trinajstić information content (AvgIpc) is 3.38. The van der Waals surface area contributed by atoms with E-state index in [4.69, 9.17) is 0 Å². The molecule has 5 heteroatoms. The Labute approximate surface area is 147 Å². The van der Waals surface area contributed by atoms with Gasteiger partial charge in [-0.25, -0.2) is 0 Å². The highest BCUT2D eigenvalue weighted by Crippen LogP contribution is 2.22. The molecule has 0 bridgehead atoms. The highest BCUT2D eigenvalue weighted by Gasteiger charge is 2.31. The molecule has 128 valence electrons. The molecule has 0 unspecified atom stereocenters. The number of nitrogens with zero attached hydrogens (tertiary/aromatic N) is 4. The van der Waals surface area contributed by atoms with E-state index in [2.05, 4.69) is 17.2 Å². The summed E-state index contributed by atoms with van der Waals surface area (Å²) in [5.74, 6) is 0.121. The van der Waals surface area contributed by atoms with Gasteiger partial charge in [-0.15, -0.1) is 0 Å². The third kappa shape index (κ3) is 3.36. The minimum atomic E-state index is 0.121. The van der Waals surface area contributed by atoms with E-state index in [-0.39, 0.29) is 11.9 Å². The van der Waals surface area contributed by atoms with Crippen LogP contribution >= 0.6 is 0 Å². The lowest BCUT2D eigenvalue weighted by Crippen LogP contribution is -2.39. The summed E-state index contributed by atoms with van der Waals surface area (Å²) in [5, 5.41) is 4.28. The molecule has 2 aromatic heterocycles. The van der Waals surface area contributed by atoms with Gasteiger partial charge in [0, 0.05) is 31.7 Å². The summed E-state index contributed by atoms with van der Waals surface area (Å²) in [6.07, 6.45) is 7.81. The maximum absolute atomic E-state index is 13.1. The quantitative estimate of drug-likeness (QED) is 0.720. The molecular formula is C20H22N4O. The van der Waals surface area contributed by atoms with E-state index in [1.807, 2.05) is 62.9 Å². The van der Waals surface area contributed by atoms with Crippen molar-refractivity contribution in [2.45, 2.75) is 32.0 Å². The number of likely N-dealkylation sites (tertiary alicyclic amines) is 1. The predicted octanol–water partition coefficient (Wildman–Crippen LogP) is 3.04. The fourth-order valence-electron chi connectivity index (χ4n) is 3.59. The van der Waals surface area contributed by atoms with Crippen molar-refractivity contribution < 1.29 is 4.79 Å². The molecule has 3 aromatic rings. The predicted molar refractivity (Wildman–Crippen MR) is 96.3 cm³/mol. The first-order chi connectivity index (χ1) is 12.3. The van der Waals surface area contributed by atoms with Crippen LogP contribution < -0.4 is 0 Å². The van der Waals surface area contributed by atoms with Crippen molar-refractivity contribution in [2.75, 3.05) is 6.54 Å². The summed E-state index contributed by atoms with van der Waals surface area (Å²) in [7, 11) is 0. The second-order valence-electron chi connectivity index (χ2n) is 6.53. The molecule has 1 aliphatic heterocycles. The Morgan fingerprint density at radius 1 is 1.08 bits per heavy atom. The number of hydrogen-bond acceptors (Lipinski definition) is 2. The van der Waals surface area contributed by atoms with E-state index < -0.39 is 0 Å². The number of aromatic nitrogens is 3. The van der Waals surface area contributed by atoms with E-state index in [0.717, 1.165) is 31.6 Å². The Kier molecular flexibility index (Phi) is 4.37. The molecule has 4 rings (SSSR count). The molecule has 0 N–H and O–H groups in total. The summed E-state index contributed by atoms with van der Waals surface area (Å²) in [6.45, 7) is 2.30. The summed E-state index contributed by atoms with van der Waals surface area (Å²) >= 11 is 0.